The van der Waals surface area contributed by atoms with Gasteiger partial charge in [-0.05, 0) is 33.3 Å². The summed E-state index contributed by atoms with van der Waals surface area (Å²) in [7, 11) is 0. The number of carboxylic acid groups (broad SMARTS) is 1. The van der Waals surface area contributed by atoms with Gasteiger partial charge in [0.1, 0.15) is 0 Å². The lowest BCUT2D eigenvalue weighted by molar-refractivity contribution is -0.142. The van der Waals surface area contributed by atoms with Crippen molar-refractivity contribution in [2.24, 2.45) is 0 Å². The van der Waals surface area contributed by atoms with Crippen LogP contribution in [0.4, 0.5) is 0 Å². The third-order valence-corrected chi connectivity index (χ3v) is 3.63. The molecule has 1 atom stereocenters. The van der Waals surface area contributed by atoms with Gasteiger partial charge in [-0.15, -0.1) is 0 Å². The Morgan fingerprint density at radius 2 is 1.80 bits per heavy atom. The fourth-order valence-corrected chi connectivity index (χ4v) is 2.36. The first kappa shape index (κ1) is 16.2. The minimum Gasteiger partial charge on any atom is -0.481 e. The molecule has 0 spiro atoms. The highest BCUT2D eigenvalue weighted by Gasteiger charge is 2.35. The number of nitrogens with zero attached hydrogens (tertiary/aromatic N) is 1. The number of likely N-dealkylation sites (N-methyl/N-ethyl adjacent to an activating group) is 1. The van der Waals surface area contributed by atoms with Crippen LogP contribution in [0.2, 0.25) is 0 Å². The molecule has 0 radical (unpaired) electrons. The third-order valence-electron chi connectivity index (χ3n) is 3.63. The minimum absolute atomic E-state index is 0.0373. The fourth-order valence-electron chi connectivity index (χ4n) is 2.36. The summed E-state index contributed by atoms with van der Waals surface area (Å²) in [6, 6.07) is 9.26. The van der Waals surface area contributed by atoms with Crippen molar-refractivity contribution >= 4 is 11.9 Å². The van der Waals surface area contributed by atoms with Crippen LogP contribution in [0.25, 0.3) is 0 Å². The van der Waals surface area contributed by atoms with E-state index in [0.29, 0.717) is 6.54 Å². The molecule has 4 heteroatoms. The van der Waals surface area contributed by atoms with Gasteiger partial charge in [-0.25, -0.2) is 0 Å². The number of hydrogen-bond acceptors (Lipinski definition) is 2. The maximum atomic E-state index is 12.8. The van der Waals surface area contributed by atoms with Gasteiger partial charge in [-0.1, -0.05) is 30.3 Å². The van der Waals surface area contributed by atoms with E-state index in [9.17, 15) is 9.59 Å². The summed E-state index contributed by atoms with van der Waals surface area (Å²) in [5, 5.41) is 8.89. The molecule has 20 heavy (non-hydrogen) atoms. The van der Waals surface area contributed by atoms with Crippen molar-refractivity contribution in [1.82, 2.24) is 4.90 Å². The monoisotopic (exact) mass is 277 g/mol. The quantitative estimate of drug-likeness (QED) is 0.869. The van der Waals surface area contributed by atoms with E-state index in [0.717, 1.165) is 5.56 Å². The molecule has 1 amide bonds. The number of carboxylic acids is 1. The molecule has 1 aromatic carbocycles. The molecule has 0 saturated carbocycles. The van der Waals surface area contributed by atoms with Crippen LogP contribution in [-0.4, -0.2) is 34.5 Å². The average Bonchev–Trinajstić information content (AvgIpc) is 2.39. The van der Waals surface area contributed by atoms with E-state index in [1.165, 1.54) is 0 Å². The van der Waals surface area contributed by atoms with E-state index in [1.54, 1.807) is 11.8 Å². The first-order valence-electron chi connectivity index (χ1n) is 6.89. The number of benzene rings is 1. The van der Waals surface area contributed by atoms with Crippen molar-refractivity contribution in [2.45, 2.75) is 45.6 Å². The summed E-state index contributed by atoms with van der Waals surface area (Å²) in [6.07, 6.45) is -0.0373. The number of rotatable bonds is 6. The molecule has 0 fully saturated rings. The Hall–Kier alpha value is -1.84. The minimum atomic E-state index is -0.888. The van der Waals surface area contributed by atoms with Gasteiger partial charge >= 0.3 is 5.97 Å². The Morgan fingerprint density at radius 3 is 2.25 bits per heavy atom. The second-order valence-electron chi connectivity index (χ2n) is 5.53. The molecular weight excluding hydrogens is 254 g/mol. The molecule has 0 aliphatic carbocycles. The van der Waals surface area contributed by atoms with Crippen molar-refractivity contribution in [3.63, 3.8) is 0 Å². The lowest BCUT2D eigenvalue weighted by atomic mass is 9.82. The number of carbonyl (C=O) groups excluding carboxylic acids is 1. The van der Waals surface area contributed by atoms with Crippen LogP contribution < -0.4 is 0 Å². The highest BCUT2D eigenvalue weighted by molar-refractivity contribution is 5.88. The highest BCUT2D eigenvalue weighted by atomic mass is 16.4. The molecule has 0 aliphatic heterocycles. The molecule has 0 bridgehead atoms. The Bertz CT molecular complexity index is 468. The highest BCUT2D eigenvalue weighted by Crippen LogP contribution is 2.26. The van der Waals surface area contributed by atoms with Crippen LogP contribution in [0.1, 0.15) is 39.7 Å². The van der Waals surface area contributed by atoms with Gasteiger partial charge in [-0.2, -0.15) is 0 Å². The lowest BCUT2D eigenvalue weighted by Gasteiger charge is -2.35. The van der Waals surface area contributed by atoms with Crippen LogP contribution >= 0.6 is 0 Å². The van der Waals surface area contributed by atoms with Gasteiger partial charge in [0.25, 0.3) is 0 Å². The van der Waals surface area contributed by atoms with Gasteiger partial charge < -0.3 is 10.0 Å². The number of amides is 1. The van der Waals surface area contributed by atoms with Gasteiger partial charge in [0.05, 0.1) is 11.8 Å². The first-order chi connectivity index (χ1) is 9.30. The Morgan fingerprint density at radius 1 is 1.25 bits per heavy atom. The predicted octanol–water partition coefficient (Wildman–Crippen LogP) is 2.68. The van der Waals surface area contributed by atoms with E-state index < -0.39 is 11.4 Å². The standard InChI is InChI=1S/C16H23NO3/c1-5-17(12(2)11-14(18)19)15(20)16(3,4)13-9-7-6-8-10-13/h6-10,12H,5,11H2,1-4H3,(H,18,19). The maximum absolute atomic E-state index is 12.8. The number of aliphatic carboxylic acids is 1. The molecular formula is C16H23NO3. The Kier molecular flexibility index (Phi) is 5.31. The van der Waals surface area contributed by atoms with Crippen LogP contribution in [0.15, 0.2) is 30.3 Å². The number of hydrogen-bond donors (Lipinski definition) is 1. The van der Waals surface area contributed by atoms with Crippen molar-refractivity contribution < 1.29 is 14.7 Å². The van der Waals surface area contributed by atoms with Crippen LogP contribution in [-0.2, 0) is 15.0 Å². The maximum Gasteiger partial charge on any atom is 0.305 e. The van der Waals surface area contributed by atoms with Crippen molar-refractivity contribution in [1.29, 1.82) is 0 Å². The topological polar surface area (TPSA) is 57.6 Å². The summed E-state index contributed by atoms with van der Waals surface area (Å²) in [5.74, 6) is -0.929. The van der Waals surface area contributed by atoms with E-state index in [2.05, 4.69) is 0 Å². The van der Waals surface area contributed by atoms with E-state index >= 15 is 0 Å². The molecule has 110 valence electrons. The molecule has 1 N–H and O–H groups in total. The van der Waals surface area contributed by atoms with E-state index in [1.807, 2.05) is 51.1 Å². The SMILES string of the molecule is CCN(C(=O)C(C)(C)c1ccccc1)C(C)CC(=O)O. The van der Waals surface area contributed by atoms with Gasteiger partial charge in [0.15, 0.2) is 0 Å². The summed E-state index contributed by atoms with van der Waals surface area (Å²) in [4.78, 5) is 25.2. The molecule has 1 rings (SSSR count). The lowest BCUT2D eigenvalue weighted by Crippen LogP contribution is -2.48. The zero-order valence-electron chi connectivity index (χ0n) is 12.6. The average molecular weight is 277 g/mol. The normalized spacial score (nSPS) is 12.8. The smallest absolute Gasteiger partial charge is 0.305 e. The van der Waals surface area contributed by atoms with Crippen LogP contribution in [0, 0.1) is 0 Å². The zero-order chi connectivity index (χ0) is 15.3. The summed E-state index contributed by atoms with van der Waals surface area (Å²) >= 11 is 0. The van der Waals surface area contributed by atoms with Crippen LogP contribution in [0.3, 0.4) is 0 Å². The van der Waals surface area contributed by atoms with Crippen molar-refractivity contribution in [3.8, 4) is 0 Å². The third kappa shape index (κ3) is 3.59. The largest absolute Gasteiger partial charge is 0.481 e. The fraction of sp³-hybridized carbons (Fsp3) is 0.500. The molecule has 1 aromatic rings. The second-order valence-corrected chi connectivity index (χ2v) is 5.53. The van der Waals surface area contributed by atoms with E-state index in [-0.39, 0.29) is 18.4 Å². The van der Waals surface area contributed by atoms with Gasteiger partial charge in [0, 0.05) is 12.6 Å². The molecule has 0 aromatic heterocycles. The summed E-state index contributed by atoms with van der Waals surface area (Å²) in [6.45, 7) is 7.90. The molecule has 4 nitrogen and oxygen atoms in total. The predicted molar refractivity (Wildman–Crippen MR) is 78.6 cm³/mol. The first-order valence-corrected chi connectivity index (χ1v) is 6.89. The van der Waals surface area contributed by atoms with E-state index in [4.69, 9.17) is 5.11 Å². The molecule has 0 heterocycles. The van der Waals surface area contributed by atoms with Crippen molar-refractivity contribution in [2.75, 3.05) is 6.54 Å². The Labute approximate surface area is 120 Å². The summed E-state index contributed by atoms with van der Waals surface area (Å²) in [5.41, 5.74) is 0.273. The van der Waals surface area contributed by atoms with Crippen molar-refractivity contribution in [3.05, 3.63) is 35.9 Å². The molecule has 1 unspecified atom stereocenters. The Balaban J connectivity index is 2.98. The zero-order valence-corrected chi connectivity index (χ0v) is 12.6. The van der Waals surface area contributed by atoms with Gasteiger partial charge in [0.2, 0.25) is 5.91 Å². The van der Waals surface area contributed by atoms with Crippen LogP contribution in [0.5, 0.6) is 0 Å². The second kappa shape index (κ2) is 6.55. The summed E-state index contributed by atoms with van der Waals surface area (Å²) < 4.78 is 0. The molecule has 0 saturated heterocycles. The van der Waals surface area contributed by atoms with Gasteiger partial charge in [-0.3, -0.25) is 9.59 Å². The number of carbonyl (C=O) groups is 2. The molecule has 0 aliphatic rings.